The lowest BCUT2D eigenvalue weighted by molar-refractivity contribution is 0.287. The van der Waals surface area contributed by atoms with Gasteiger partial charge in [-0.15, -0.1) is 12.3 Å². The highest BCUT2D eigenvalue weighted by Gasteiger charge is 1.73. The molecule has 0 aromatic carbocycles. The van der Waals surface area contributed by atoms with E-state index in [9.17, 15) is 0 Å². The van der Waals surface area contributed by atoms with E-state index in [1.54, 1.807) is 0 Å². The molecule has 0 spiro atoms. The molecular weight excluding hydrogens is 88.1 g/mol. The van der Waals surface area contributed by atoms with Crippen LogP contribution in [0.1, 0.15) is 6.42 Å². The van der Waals surface area contributed by atoms with Crippen LogP contribution in [-0.2, 0) is 4.74 Å². The van der Waals surface area contributed by atoms with Crippen molar-refractivity contribution >= 4 is 0 Å². The number of rotatable bonds is 2. The van der Waals surface area contributed by atoms with Gasteiger partial charge in [0.25, 0.3) is 0 Å². The lowest BCUT2D eigenvalue weighted by atomic mass is 10.5. The van der Waals surface area contributed by atoms with Crippen molar-refractivity contribution in [3.8, 4) is 24.9 Å². The Morgan fingerprint density at radius 3 is 2.57 bits per heavy atom. The molecule has 0 aromatic rings. The monoisotopic (exact) mass is 94.0 g/mol. The van der Waals surface area contributed by atoms with Gasteiger partial charge in [0.05, 0.1) is 0 Å². The average Bonchev–Trinajstić information content (AvgIpc) is 1.69. The maximum atomic E-state index is 4.87. The SMILES string of the molecule is C#CCCOC#C. The second-order valence-corrected chi connectivity index (χ2v) is 0.920. The van der Waals surface area contributed by atoms with E-state index in [2.05, 4.69) is 10.7 Å². The molecule has 0 rings (SSSR count). The molecule has 1 nitrogen and oxygen atoms in total. The first-order valence-corrected chi connectivity index (χ1v) is 1.92. The molecule has 0 saturated carbocycles. The van der Waals surface area contributed by atoms with Gasteiger partial charge in [-0.3, -0.25) is 0 Å². The Morgan fingerprint density at radius 2 is 2.14 bits per heavy atom. The highest BCUT2D eigenvalue weighted by atomic mass is 16.5. The standard InChI is InChI=1S/C6H6O/c1-3-5-6-7-4-2/h1-2H,5-6H2. The van der Waals surface area contributed by atoms with E-state index in [-0.39, 0.29) is 0 Å². The summed E-state index contributed by atoms with van der Waals surface area (Å²) in [5.41, 5.74) is 0. The Balaban J connectivity index is 2.77. The summed E-state index contributed by atoms with van der Waals surface area (Å²) in [6.45, 7) is 0.465. The van der Waals surface area contributed by atoms with Crippen LogP contribution in [0.5, 0.6) is 0 Å². The predicted octanol–water partition coefficient (Wildman–Crippen LogP) is 0.617. The molecule has 0 amide bonds. The molecular formula is C6H6O. The van der Waals surface area contributed by atoms with Crippen molar-refractivity contribution in [2.45, 2.75) is 6.42 Å². The van der Waals surface area contributed by atoms with Crippen molar-refractivity contribution in [3.63, 3.8) is 0 Å². The lowest BCUT2D eigenvalue weighted by Gasteiger charge is -1.86. The Bertz CT molecular complexity index is 88.3. The van der Waals surface area contributed by atoms with Crippen molar-refractivity contribution in [3.05, 3.63) is 0 Å². The Kier molecular flexibility index (Phi) is 4.16. The van der Waals surface area contributed by atoms with E-state index in [1.807, 2.05) is 6.11 Å². The molecule has 0 fully saturated rings. The van der Waals surface area contributed by atoms with Crippen LogP contribution in [0.15, 0.2) is 0 Å². The lowest BCUT2D eigenvalue weighted by Crippen LogP contribution is -1.82. The summed E-state index contributed by atoms with van der Waals surface area (Å²) in [6.07, 6.45) is 12.2. The van der Waals surface area contributed by atoms with Gasteiger partial charge in [0.2, 0.25) is 0 Å². The van der Waals surface area contributed by atoms with Gasteiger partial charge in [0, 0.05) is 6.42 Å². The Labute approximate surface area is 43.7 Å². The molecule has 0 aliphatic carbocycles. The van der Waals surface area contributed by atoms with E-state index in [4.69, 9.17) is 12.8 Å². The highest BCUT2D eigenvalue weighted by Crippen LogP contribution is 1.73. The van der Waals surface area contributed by atoms with E-state index in [0.717, 1.165) is 0 Å². The van der Waals surface area contributed by atoms with Gasteiger partial charge in [0.15, 0.2) is 0 Å². The maximum Gasteiger partial charge on any atom is 0.111 e. The van der Waals surface area contributed by atoms with Crippen molar-refractivity contribution in [2.75, 3.05) is 6.61 Å². The van der Waals surface area contributed by atoms with Gasteiger partial charge >= 0.3 is 0 Å². The third-order valence-corrected chi connectivity index (χ3v) is 0.432. The molecule has 0 bridgehead atoms. The maximum absolute atomic E-state index is 4.87. The van der Waals surface area contributed by atoms with E-state index in [1.165, 1.54) is 0 Å². The molecule has 36 valence electrons. The molecule has 0 saturated heterocycles. The Hall–Kier alpha value is -1.08. The molecule has 0 aromatic heterocycles. The van der Waals surface area contributed by atoms with Crippen LogP contribution in [0.2, 0.25) is 0 Å². The van der Waals surface area contributed by atoms with Crippen LogP contribution in [0.25, 0.3) is 0 Å². The van der Waals surface area contributed by atoms with Crippen LogP contribution >= 0.6 is 0 Å². The van der Waals surface area contributed by atoms with E-state index < -0.39 is 0 Å². The summed E-state index contributed by atoms with van der Waals surface area (Å²) in [5.74, 6) is 2.38. The van der Waals surface area contributed by atoms with Gasteiger partial charge in [0.1, 0.15) is 12.7 Å². The van der Waals surface area contributed by atoms with Crippen LogP contribution in [0.3, 0.4) is 0 Å². The minimum atomic E-state index is 0.465. The summed E-state index contributed by atoms with van der Waals surface area (Å²) in [6, 6.07) is 0. The Morgan fingerprint density at radius 1 is 1.43 bits per heavy atom. The zero-order valence-corrected chi connectivity index (χ0v) is 3.98. The molecule has 0 radical (unpaired) electrons. The summed E-state index contributed by atoms with van der Waals surface area (Å²) in [5, 5.41) is 0. The third-order valence-electron chi connectivity index (χ3n) is 0.432. The van der Waals surface area contributed by atoms with Crippen LogP contribution in [0, 0.1) is 24.9 Å². The quantitative estimate of drug-likeness (QED) is 0.360. The molecule has 0 aliphatic rings. The fourth-order valence-electron chi connectivity index (χ4n) is 0.169. The number of hydrogen-bond donors (Lipinski definition) is 0. The molecule has 1 heteroatoms. The van der Waals surface area contributed by atoms with Crippen molar-refractivity contribution in [1.82, 2.24) is 0 Å². The minimum Gasteiger partial charge on any atom is -0.446 e. The first kappa shape index (κ1) is 5.92. The molecule has 0 atom stereocenters. The van der Waals surface area contributed by atoms with Gasteiger partial charge in [-0.1, -0.05) is 6.42 Å². The first-order valence-electron chi connectivity index (χ1n) is 1.92. The zero-order valence-electron chi connectivity index (χ0n) is 3.98. The van der Waals surface area contributed by atoms with Crippen molar-refractivity contribution in [1.29, 1.82) is 0 Å². The third kappa shape index (κ3) is 4.92. The van der Waals surface area contributed by atoms with Crippen LogP contribution in [0.4, 0.5) is 0 Å². The van der Waals surface area contributed by atoms with E-state index >= 15 is 0 Å². The second-order valence-electron chi connectivity index (χ2n) is 0.920. The normalized spacial score (nSPS) is 6.00. The van der Waals surface area contributed by atoms with Gasteiger partial charge < -0.3 is 4.74 Å². The van der Waals surface area contributed by atoms with Crippen LogP contribution in [-0.4, -0.2) is 6.61 Å². The van der Waals surface area contributed by atoms with Crippen molar-refractivity contribution in [2.24, 2.45) is 0 Å². The molecule has 7 heavy (non-hydrogen) atoms. The topological polar surface area (TPSA) is 9.23 Å². The highest BCUT2D eigenvalue weighted by molar-refractivity contribution is 4.83. The fraction of sp³-hybridized carbons (Fsp3) is 0.333. The van der Waals surface area contributed by atoms with Gasteiger partial charge in [-0.2, -0.15) is 0 Å². The summed E-state index contributed by atoms with van der Waals surface area (Å²) in [7, 11) is 0. The zero-order chi connectivity index (χ0) is 5.54. The number of hydrogen-bond acceptors (Lipinski definition) is 1. The van der Waals surface area contributed by atoms with E-state index in [0.29, 0.717) is 13.0 Å². The number of ether oxygens (including phenoxy) is 1. The van der Waals surface area contributed by atoms with Crippen LogP contribution < -0.4 is 0 Å². The van der Waals surface area contributed by atoms with Crippen molar-refractivity contribution < 1.29 is 4.74 Å². The predicted molar refractivity (Wildman–Crippen MR) is 28.2 cm³/mol. The molecule has 0 N–H and O–H groups in total. The largest absolute Gasteiger partial charge is 0.446 e. The molecule has 0 aliphatic heterocycles. The molecule has 0 heterocycles. The summed E-state index contributed by atoms with van der Waals surface area (Å²) in [4.78, 5) is 0. The average molecular weight is 94.1 g/mol. The summed E-state index contributed by atoms with van der Waals surface area (Å²) < 4.78 is 4.46. The first-order chi connectivity index (χ1) is 3.41. The fourth-order valence-corrected chi connectivity index (χ4v) is 0.169. The van der Waals surface area contributed by atoms with Gasteiger partial charge in [-0.25, -0.2) is 0 Å². The van der Waals surface area contributed by atoms with Gasteiger partial charge in [-0.05, 0) is 0 Å². The minimum absolute atomic E-state index is 0.465. The number of terminal acetylenes is 2. The summed E-state index contributed by atoms with van der Waals surface area (Å²) >= 11 is 0. The second kappa shape index (κ2) is 4.92. The smallest absolute Gasteiger partial charge is 0.111 e. The molecule has 0 unspecified atom stereocenters.